The SMILES string of the molecule is Cc1ccnn1[C@H](C)C[NH3+]. The van der Waals surface area contributed by atoms with E-state index in [4.69, 9.17) is 0 Å². The second-order valence-corrected chi connectivity index (χ2v) is 2.55. The summed E-state index contributed by atoms with van der Waals surface area (Å²) in [6.45, 7) is 5.06. The third-order valence-electron chi connectivity index (χ3n) is 1.70. The third kappa shape index (κ3) is 1.19. The van der Waals surface area contributed by atoms with Crippen LogP contribution in [0.1, 0.15) is 18.7 Å². The highest BCUT2D eigenvalue weighted by Gasteiger charge is 2.05. The van der Waals surface area contributed by atoms with Crippen LogP contribution in [0.15, 0.2) is 12.3 Å². The normalized spacial score (nSPS) is 13.5. The highest BCUT2D eigenvalue weighted by molar-refractivity contribution is 4.97. The van der Waals surface area contributed by atoms with Crippen molar-refractivity contribution in [3.05, 3.63) is 18.0 Å². The standard InChI is InChI=1S/C7H13N3/c1-6-3-4-9-10(6)7(2)5-8/h3-4,7H,5,8H2,1-2H3/p+1/t7-/m1/s1. The molecule has 1 rings (SSSR count). The summed E-state index contributed by atoms with van der Waals surface area (Å²) in [5, 5.41) is 4.16. The summed E-state index contributed by atoms with van der Waals surface area (Å²) >= 11 is 0. The molecule has 0 spiro atoms. The Hall–Kier alpha value is -0.830. The minimum absolute atomic E-state index is 0.426. The Bertz CT molecular complexity index is 204. The van der Waals surface area contributed by atoms with Crippen LogP contribution in [0.2, 0.25) is 0 Å². The Morgan fingerprint density at radius 2 is 2.50 bits per heavy atom. The van der Waals surface area contributed by atoms with Gasteiger partial charge in [0.2, 0.25) is 0 Å². The Morgan fingerprint density at radius 1 is 1.80 bits per heavy atom. The molecule has 1 atom stereocenters. The topological polar surface area (TPSA) is 45.5 Å². The van der Waals surface area contributed by atoms with Crippen LogP contribution in [-0.4, -0.2) is 16.3 Å². The van der Waals surface area contributed by atoms with Crippen LogP contribution in [0.3, 0.4) is 0 Å². The van der Waals surface area contributed by atoms with E-state index in [1.54, 1.807) is 0 Å². The number of quaternary nitrogens is 1. The Balaban J connectivity index is 2.82. The molecule has 10 heavy (non-hydrogen) atoms. The van der Waals surface area contributed by atoms with Crippen LogP contribution < -0.4 is 5.73 Å². The quantitative estimate of drug-likeness (QED) is 0.617. The predicted octanol–water partition coefficient (Wildman–Crippen LogP) is -0.00558. The van der Waals surface area contributed by atoms with Crippen LogP contribution in [0, 0.1) is 6.92 Å². The second-order valence-electron chi connectivity index (χ2n) is 2.55. The number of hydrogen-bond acceptors (Lipinski definition) is 1. The summed E-state index contributed by atoms with van der Waals surface area (Å²) in [4.78, 5) is 0. The van der Waals surface area contributed by atoms with Crippen molar-refractivity contribution in [2.75, 3.05) is 6.54 Å². The van der Waals surface area contributed by atoms with Gasteiger partial charge in [-0.15, -0.1) is 0 Å². The average molecular weight is 140 g/mol. The van der Waals surface area contributed by atoms with E-state index in [2.05, 4.69) is 24.7 Å². The fourth-order valence-electron chi connectivity index (χ4n) is 0.964. The molecule has 56 valence electrons. The van der Waals surface area contributed by atoms with Crippen LogP contribution in [0.25, 0.3) is 0 Å². The first-order valence-corrected chi connectivity index (χ1v) is 3.55. The molecule has 3 heteroatoms. The Kier molecular flexibility index (Phi) is 2.06. The van der Waals surface area contributed by atoms with E-state index in [-0.39, 0.29) is 0 Å². The molecule has 0 saturated heterocycles. The number of hydrogen-bond donors (Lipinski definition) is 1. The van der Waals surface area contributed by atoms with E-state index in [9.17, 15) is 0 Å². The monoisotopic (exact) mass is 140 g/mol. The molecular formula is C7H14N3+. The lowest BCUT2D eigenvalue weighted by molar-refractivity contribution is -0.376. The zero-order valence-corrected chi connectivity index (χ0v) is 6.54. The molecule has 0 fully saturated rings. The number of aryl methyl sites for hydroxylation is 1. The Morgan fingerprint density at radius 3 is 2.90 bits per heavy atom. The van der Waals surface area contributed by atoms with Gasteiger partial charge in [0, 0.05) is 11.9 Å². The molecule has 0 bridgehead atoms. The van der Waals surface area contributed by atoms with Gasteiger partial charge in [-0.2, -0.15) is 5.10 Å². The van der Waals surface area contributed by atoms with Gasteiger partial charge in [0.05, 0.1) is 12.6 Å². The maximum absolute atomic E-state index is 4.16. The van der Waals surface area contributed by atoms with Gasteiger partial charge < -0.3 is 5.73 Å². The van der Waals surface area contributed by atoms with E-state index in [1.807, 2.05) is 16.9 Å². The van der Waals surface area contributed by atoms with Crippen LogP contribution >= 0.6 is 0 Å². The minimum atomic E-state index is 0.426. The lowest BCUT2D eigenvalue weighted by Gasteiger charge is -2.08. The van der Waals surface area contributed by atoms with Crippen molar-refractivity contribution >= 4 is 0 Å². The predicted molar refractivity (Wildman–Crippen MR) is 39.4 cm³/mol. The van der Waals surface area contributed by atoms with E-state index in [0.717, 1.165) is 6.54 Å². The summed E-state index contributed by atoms with van der Waals surface area (Å²) < 4.78 is 1.99. The van der Waals surface area contributed by atoms with Crippen molar-refractivity contribution in [3.63, 3.8) is 0 Å². The van der Waals surface area contributed by atoms with Gasteiger partial charge in [-0.05, 0) is 19.9 Å². The molecule has 3 N–H and O–H groups in total. The van der Waals surface area contributed by atoms with Gasteiger partial charge in [-0.3, -0.25) is 4.68 Å². The van der Waals surface area contributed by atoms with Crippen molar-refractivity contribution in [1.29, 1.82) is 0 Å². The molecule has 0 saturated carbocycles. The lowest BCUT2D eigenvalue weighted by Crippen LogP contribution is -2.53. The number of rotatable bonds is 2. The molecule has 0 aliphatic carbocycles. The number of nitrogens with zero attached hydrogens (tertiary/aromatic N) is 2. The smallest absolute Gasteiger partial charge is 0.0981 e. The molecule has 0 aliphatic heterocycles. The van der Waals surface area contributed by atoms with Crippen molar-refractivity contribution in [1.82, 2.24) is 9.78 Å². The van der Waals surface area contributed by atoms with Gasteiger partial charge in [0.15, 0.2) is 0 Å². The first-order chi connectivity index (χ1) is 4.75. The van der Waals surface area contributed by atoms with E-state index in [1.165, 1.54) is 5.69 Å². The zero-order valence-electron chi connectivity index (χ0n) is 6.54. The van der Waals surface area contributed by atoms with Gasteiger partial charge in [0.1, 0.15) is 0 Å². The minimum Gasteiger partial charge on any atom is -0.356 e. The van der Waals surface area contributed by atoms with Gasteiger partial charge >= 0.3 is 0 Å². The molecule has 0 aliphatic rings. The molecule has 0 aromatic carbocycles. The fraction of sp³-hybridized carbons (Fsp3) is 0.571. The van der Waals surface area contributed by atoms with E-state index in [0.29, 0.717) is 6.04 Å². The molecule has 1 heterocycles. The summed E-state index contributed by atoms with van der Waals surface area (Å²) in [5.74, 6) is 0. The first-order valence-electron chi connectivity index (χ1n) is 3.55. The van der Waals surface area contributed by atoms with Gasteiger partial charge in [-0.25, -0.2) is 0 Å². The fourth-order valence-corrected chi connectivity index (χ4v) is 0.964. The van der Waals surface area contributed by atoms with Crippen molar-refractivity contribution in [2.24, 2.45) is 0 Å². The maximum atomic E-state index is 4.16. The van der Waals surface area contributed by atoms with Gasteiger partial charge in [-0.1, -0.05) is 0 Å². The first kappa shape index (κ1) is 7.28. The molecule has 1 aromatic heterocycles. The third-order valence-corrected chi connectivity index (χ3v) is 1.70. The molecule has 0 radical (unpaired) electrons. The summed E-state index contributed by atoms with van der Waals surface area (Å²) in [7, 11) is 0. The summed E-state index contributed by atoms with van der Waals surface area (Å²) in [5.41, 5.74) is 5.03. The van der Waals surface area contributed by atoms with Gasteiger partial charge in [0.25, 0.3) is 0 Å². The highest BCUT2D eigenvalue weighted by Crippen LogP contribution is 2.04. The Labute approximate surface area is 60.8 Å². The maximum Gasteiger partial charge on any atom is 0.0981 e. The summed E-state index contributed by atoms with van der Waals surface area (Å²) in [6.07, 6.45) is 1.82. The molecule has 3 nitrogen and oxygen atoms in total. The average Bonchev–Trinajstić information content (AvgIpc) is 2.34. The van der Waals surface area contributed by atoms with Crippen molar-refractivity contribution in [2.45, 2.75) is 19.9 Å². The van der Waals surface area contributed by atoms with Crippen molar-refractivity contribution < 1.29 is 5.73 Å². The van der Waals surface area contributed by atoms with Crippen molar-refractivity contribution in [3.8, 4) is 0 Å². The molecule has 0 amide bonds. The second kappa shape index (κ2) is 2.84. The molecule has 1 aromatic rings. The summed E-state index contributed by atoms with van der Waals surface area (Å²) in [6, 6.07) is 2.43. The molecule has 0 unspecified atom stereocenters. The van der Waals surface area contributed by atoms with E-state index < -0.39 is 0 Å². The highest BCUT2D eigenvalue weighted by atomic mass is 15.3. The lowest BCUT2D eigenvalue weighted by atomic mass is 10.3. The van der Waals surface area contributed by atoms with Crippen LogP contribution in [0.5, 0.6) is 0 Å². The molecular weight excluding hydrogens is 126 g/mol. The largest absolute Gasteiger partial charge is 0.356 e. The van der Waals surface area contributed by atoms with Crippen LogP contribution in [0.4, 0.5) is 0 Å². The van der Waals surface area contributed by atoms with E-state index >= 15 is 0 Å². The van der Waals surface area contributed by atoms with Crippen LogP contribution in [-0.2, 0) is 0 Å². The zero-order chi connectivity index (χ0) is 7.56. The number of aromatic nitrogens is 2.